The van der Waals surface area contributed by atoms with Gasteiger partial charge in [-0.1, -0.05) is 90.7 Å². The molecule has 0 aromatic carbocycles. The third-order valence-electron chi connectivity index (χ3n) is 8.22. The Labute approximate surface area is 247 Å². The lowest BCUT2D eigenvalue weighted by molar-refractivity contribution is -0.138. The fourth-order valence-electron chi connectivity index (χ4n) is 5.65. The number of carboxylic acid groups (broad SMARTS) is 1. The monoisotopic (exact) mass is 579 g/mol. The van der Waals surface area contributed by atoms with Crippen molar-refractivity contribution < 1.29 is 9.90 Å². The van der Waals surface area contributed by atoms with Gasteiger partial charge in [-0.3, -0.25) is 0 Å². The molecule has 1 aliphatic heterocycles. The van der Waals surface area contributed by atoms with Crippen LogP contribution in [0.3, 0.4) is 0 Å². The number of aliphatic carboxylic acids is 1. The molecule has 0 aliphatic carbocycles. The van der Waals surface area contributed by atoms with Gasteiger partial charge in [0.1, 0.15) is 11.9 Å². The minimum Gasteiger partial charge on any atom is -0.480 e. The van der Waals surface area contributed by atoms with Gasteiger partial charge in [0.2, 0.25) is 5.28 Å². The summed E-state index contributed by atoms with van der Waals surface area (Å²) in [4.78, 5) is 20.2. The zero-order valence-electron chi connectivity index (χ0n) is 25.2. The smallest absolute Gasteiger partial charge is 0.326 e. The number of allylic oxidation sites excluding steroid dienone is 2. The molecule has 2 N–H and O–H groups in total. The number of anilines is 1. The fourth-order valence-corrected chi connectivity index (χ4v) is 7.35. The maximum atomic E-state index is 12.2. The number of rotatable bonds is 19. The van der Waals surface area contributed by atoms with Crippen LogP contribution in [-0.4, -0.2) is 37.6 Å². The Morgan fingerprint density at radius 3 is 2.36 bits per heavy atom. The second-order valence-electron chi connectivity index (χ2n) is 12.6. The fraction of sp³-hybridized carbons (Fsp3) is 0.781. The number of carboxylic acids is 1. The normalized spacial score (nSPS) is 20.5. The Morgan fingerprint density at radius 1 is 1.10 bits per heavy atom. The lowest BCUT2D eigenvalue weighted by Gasteiger charge is -2.38. The van der Waals surface area contributed by atoms with Crippen LogP contribution in [0.15, 0.2) is 23.9 Å². The molecule has 0 bridgehead atoms. The lowest BCUT2D eigenvalue weighted by atomic mass is 9.88. The molecule has 1 fully saturated rings. The summed E-state index contributed by atoms with van der Waals surface area (Å²) in [6, 6.07) is 0.955. The van der Waals surface area contributed by atoms with Crippen LogP contribution in [0.1, 0.15) is 125 Å². The number of halogens is 1. The SMILES string of the molecule is C/C(=C\CC1(CC(Nc2ccnc(Cl)n2)C(=O)O)CCCCS1)CCCC(C)CCCC(C)CCCC(C)C. The number of carbonyl (C=O) groups is 1. The second-order valence-corrected chi connectivity index (χ2v) is 14.5. The van der Waals surface area contributed by atoms with E-state index in [4.69, 9.17) is 11.6 Å². The van der Waals surface area contributed by atoms with Crippen molar-refractivity contribution in [2.75, 3.05) is 11.1 Å². The predicted molar refractivity (Wildman–Crippen MR) is 169 cm³/mol. The standard InChI is InChI=1S/C32H54ClN3O2S/c1-24(2)11-8-12-25(3)13-9-14-26(4)15-10-16-27(5)17-20-32(19-6-7-22-39-32)23-28(30(37)38)35-29-18-21-34-31(33)36-29/h17-18,21,24-26,28H,6-16,19-20,22-23H2,1-5H3,(H,37,38)(H,34,35,36)/b27-17+. The van der Waals surface area contributed by atoms with Crippen molar-refractivity contribution in [3.8, 4) is 0 Å². The summed E-state index contributed by atoms with van der Waals surface area (Å²) >= 11 is 7.87. The molecule has 5 nitrogen and oxygen atoms in total. The van der Waals surface area contributed by atoms with Gasteiger partial charge in [-0.25, -0.2) is 14.8 Å². The topological polar surface area (TPSA) is 75.1 Å². The molecule has 1 aliphatic rings. The molecule has 1 saturated heterocycles. The number of hydrogen-bond donors (Lipinski definition) is 2. The molecule has 222 valence electrons. The van der Waals surface area contributed by atoms with Gasteiger partial charge in [-0.05, 0) is 86.6 Å². The van der Waals surface area contributed by atoms with Crippen molar-refractivity contribution in [1.29, 1.82) is 0 Å². The summed E-state index contributed by atoms with van der Waals surface area (Å²) in [7, 11) is 0. The van der Waals surface area contributed by atoms with Gasteiger partial charge in [0.05, 0.1) is 0 Å². The Hall–Kier alpha value is -1.27. The highest BCUT2D eigenvalue weighted by Gasteiger charge is 2.37. The first kappa shape index (κ1) is 33.9. The molecule has 2 rings (SSSR count). The van der Waals surface area contributed by atoms with E-state index in [2.05, 4.69) is 56.0 Å². The van der Waals surface area contributed by atoms with Crippen LogP contribution >= 0.6 is 23.4 Å². The molecule has 1 aromatic rings. The molecule has 2 heterocycles. The van der Waals surface area contributed by atoms with E-state index in [0.717, 1.165) is 49.2 Å². The molecule has 0 amide bonds. The zero-order chi connectivity index (χ0) is 28.7. The summed E-state index contributed by atoms with van der Waals surface area (Å²) in [5, 5.41) is 13.2. The second kappa shape index (κ2) is 18.2. The number of hydrogen-bond acceptors (Lipinski definition) is 5. The largest absolute Gasteiger partial charge is 0.480 e. The van der Waals surface area contributed by atoms with Gasteiger partial charge in [-0.2, -0.15) is 11.8 Å². The maximum absolute atomic E-state index is 12.2. The van der Waals surface area contributed by atoms with Crippen LogP contribution in [-0.2, 0) is 4.79 Å². The van der Waals surface area contributed by atoms with Crippen LogP contribution in [0.4, 0.5) is 5.82 Å². The highest BCUT2D eigenvalue weighted by molar-refractivity contribution is 8.00. The Kier molecular flexibility index (Phi) is 15.9. The number of aromatic nitrogens is 2. The summed E-state index contributed by atoms with van der Waals surface area (Å²) in [6.45, 7) is 11.7. The third-order valence-corrected chi connectivity index (χ3v) is 10.0. The van der Waals surface area contributed by atoms with Crippen molar-refractivity contribution in [3.63, 3.8) is 0 Å². The number of nitrogens with one attached hydrogen (secondary N) is 1. The van der Waals surface area contributed by atoms with E-state index < -0.39 is 12.0 Å². The maximum Gasteiger partial charge on any atom is 0.326 e. The lowest BCUT2D eigenvalue weighted by Crippen LogP contribution is -2.40. The highest BCUT2D eigenvalue weighted by Crippen LogP contribution is 2.44. The average Bonchev–Trinajstić information content (AvgIpc) is 2.87. The van der Waals surface area contributed by atoms with E-state index in [9.17, 15) is 9.90 Å². The summed E-state index contributed by atoms with van der Waals surface area (Å²) in [5.74, 6) is 3.18. The first-order chi connectivity index (χ1) is 18.6. The average molecular weight is 580 g/mol. The minimum absolute atomic E-state index is 0.0639. The van der Waals surface area contributed by atoms with Crippen molar-refractivity contribution >= 4 is 35.1 Å². The van der Waals surface area contributed by atoms with Crippen molar-refractivity contribution in [2.45, 2.75) is 135 Å². The summed E-state index contributed by atoms with van der Waals surface area (Å²) in [6.07, 6.45) is 20.7. The van der Waals surface area contributed by atoms with Crippen LogP contribution in [0, 0.1) is 17.8 Å². The summed E-state index contributed by atoms with van der Waals surface area (Å²) < 4.78 is -0.0639. The van der Waals surface area contributed by atoms with Crippen molar-refractivity contribution in [2.24, 2.45) is 17.8 Å². The van der Waals surface area contributed by atoms with E-state index in [-0.39, 0.29) is 10.0 Å². The van der Waals surface area contributed by atoms with Crippen molar-refractivity contribution in [1.82, 2.24) is 9.97 Å². The predicted octanol–water partition coefficient (Wildman–Crippen LogP) is 9.82. The molecule has 39 heavy (non-hydrogen) atoms. The van der Waals surface area contributed by atoms with Gasteiger partial charge in [0, 0.05) is 10.9 Å². The molecule has 4 atom stereocenters. The van der Waals surface area contributed by atoms with Gasteiger partial charge in [0.15, 0.2) is 0 Å². The molecule has 0 saturated carbocycles. The van der Waals surface area contributed by atoms with Gasteiger partial charge in [0.25, 0.3) is 0 Å². The Bertz CT molecular complexity index is 873. The van der Waals surface area contributed by atoms with E-state index in [1.54, 1.807) is 12.3 Å². The molecule has 7 heteroatoms. The molecular formula is C32H54ClN3O2S. The van der Waals surface area contributed by atoms with Gasteiger partial charge in [-0.15, -0.1) is 0 Å². The van der Waals surface area contributed by atoms with Crippen LogP contribution in [0.2, 0.25) is 5.28 Å². The minimum atomic E-state index is -0.852. The van der Waals surface area contributed by atoms with E-state index in [1.807, 2.05) is 11.8 Å². The first-order valence-electron chi connectivity index (χ1n) is 15.4. The molecular weight excluding hydrogens is 526 g/mol. The summed E-state index contributed by atoms with van der Waals surface area (Å²) in [5.41, 5.74) is 1.44. The van der Waals surface area contributed by atoms with Gasteiger partial charge >= 0.3 is 5.97 Å². The number of thioether (sulfide) groups is 1. The highest BCUT2D eigenvalue weighted by atomic mass is 35.5. The zero-order valence-corrected chi connectivity index (χ0v) is 26.8. The molecule has 4 unspecified atom stereocenters. The Balaban J connectivity index is 1.80. The first-order valence-corrected chi connectivity index (χ1v) is 16.7. The van der Waals surface area contributed by atoms with E-state index >= 15 is 0 Å². The van der Waals surface area contributed by atoms with Gasteiger partial charge < -0.3 is 10.4 Å². The molecule has 1 aromatic heterocycles. The van der Waals surface area contributed by atoms with Crippen LogP contribution in [0.5, 0.6) is 0 Å². The number of nitrogens with zero attached hydrogens (tertiary/aromatic N) is 2. The van der Waals surface area contributed by atoms with E-state index in [1.165, 1.54) is 63.4 Å². The van der Waals surface area contributed by atoms with Crippen molar-refractivity contribution in [3.05, 3.63) is 29.2 Å². The quantitative estimate of drug-likeness (QED) is 0.125. The third kappa shape index (κ3) is 14.3. The van der Waals surface area contributed by atoms with Crippen LogP contribution < -0.4 is 5.32 Å². The van der Waals surface area contributed by atoms with Crippen LogP contribution in [0.25, 0.3) is 0 Å². The Morgan fingerprint density at radius 2 is 1.77 bits per heavy atom. The molecule has 0 spiro atoms. The molecule has 0 radical (unpaired) electrons. The van der Waals surface area contributed by atoms with E-state index in [0.29, 0.717) is 12.2 Å².